The predicted octanol–water partition coefficient (Wildman–Crippen LogP) is 5.97. The van der Waals surface area contributed by atoms with E-state index in [2.05, 4.69) is 32.0 Å². The molecular formula is C32H37F3N6O. The molecule has 1 saturated heterocycles. The second-order valence-electron chi connectivity index (χ2n) is 11.4. The third-order valence-corrected chi connectivity index (χ3v) is 7.39. The summed E-state index contributed by atoms with van der Waals surface area (Å²) in [5.74, 6) is 1.36. The Morgan fingerprint density at radius 1 is 0.857 bits per heavy atom. The maximum Gasteiger partial charge on any atom is 0.573 e. The van der Waals surface area contributed by atoms with E-state index in [1.54, 1.807) is 12.1 Å². The number of alkyl halides is 3. The first-order valence-electron chi connectivity index (χ1n) is 14.2. The molecule has 10 heteroatoms. The van der Waals surface area contributed by atoms with Crippen molar-refractivity contribution in [3.63, 3.8) is 0 Å². The minimum atomic E-state index is -4.72. The van der Waals surface area contributed by atoms with Crippen LogP contribution in [0.15, 0.2) is 78.9 Å². The highest BCUT2D eigenvalue weighted by atomic mass is 19.4. The van der Waals surface area contributed by atoms with Crippen LogP contribution in [0, 0.1) is 0 Å². The summed E-state index contributed by atoms with van der Waals surface area (Å²) in [6.07, 6.45) is -3.91. The van der Waals surface area contributed by atoms with Crippen molar-refractivity contribution >= 4 is 16.7 Å². The lowest BCUT2D eigenvalue weighted by Crippen LogP contribution is -2.47. The van der Waals surface area contributed by atoms with Crippen LogP contribution in [0.2, 0.25) is 0 Å². The largest absolute Gasteiger partial charge is 0.573 e. The summed E-state index contributed by atoms with van der Waals surface area (Å²) in [4.78, 5) is 14.4. The molecule has 0 bridgehead atoms. The van der Waals surface area contributed by atoms with Gasteiger partial charge in [0, 0.05) is 43.6 Å². The molecule has 7 nitrogen and oxygen atoms in total. The molecule has 0 radical (unpaired) electrons. The van der Waals surface area contributed by atoms with Gasteiger partial charge in [0.15, 0.2) is 0 Å². The Bertz CT molecular complexity index is 1450. The molecule has 1 aliphatic rings. The minimum absolute atomic E-state index is 0.0900. The van der Waals surface area contributed by atoms with Gasteiger partial charge in [0.25, 0.3) is 0 Å². The standard InChI is InChI=1S/C32H37F3N6O/c1-31(2,36)16-17-37-30-26-10-6-7-11-27(26)38-28(39-30)22-40-18-20-41(21-19-40)29(23-8-4-3-5-9-23)24-12-14-25(15-13-24)42-32(33,34)35/h3-15,29H,16-22,36H2,1-2H3,(H,37,38,39). The monoisotopic (exact) mass is 578 g/mol. The second-order valence-corrected chi connectivity index (χ2v) is 11.4. The van der Waals surface area contributed by atoms with Crippen molar-refractivity contribution in [2.75, 3.05) is 38.0 Å². The van der Waals surface area contributed by atoms with Gasteiger partial charge in [0.1, 0.15) is 17.4 Å². The summed E-state index contributed by atoms with van der Waals surface area (Å²) in [7, 11) is 0. The summed E-state index contributed by atoms with van der Waals surface area (Å²) in [6.45, 7) is 8.53. The number of aromatic nitrogens is 2. The van der Waals surface area contributed by atoms with E-state index in [-0.39, 0.29) is 17.3 Å². The minimum Gasteiger partial charge on any atom is -0.406 e. The Balaban J connectivity index is 1.29. The molecule has 5 rings (SSSR count). The van der Waals surface area contributed by atoms with E-state index < -0.39 is 6.36 Å². The molecule has 3 N–H and O–H groups in total. The lowest BCUT2D eigenvalue weighted by molar-refractivity contribution is -0.274. The fraction of sp³-hybridized carbons (Fsp3) is 0.375. The Labute approximate surface area is 244 Å². The first-order chi connectivity index (χ1) is 20.0. The number of ether oxygens (including phenoxy) is 1. The van der Waals surface area contributed by atoms with Gasteiger partial charge in [-0.15, -0.1) is 13.2 Å². The van der Waals surface area contributed by atoms with Crippen LogP contribution < -0.4 is 15.8 Å². The Morgan fingerprint density at radius 2 is 1.50 bits per heavy atom. The molecule has 1 unspecified atom stereocenters. The highest BCUT2D eigenvalue weighted by Crippen LogP contribution is 2.32. The number of fused-ring (bicyclic) bond motifs is 1. The third kappa shape index (κ3) is 7.96. The van der Waals surface area contributed by atoms with Gasteiger partial charge in [-0.2, -0.15) is 0 Å². The second kappa shape index (κ2) is 12.6. The van der Waals surface area contributed by atoms with Crippen molar-refractivity contribution in [1.82, 2.24) is 19.8 Å². The van der Waals surface area contributed by atoms with E-state index in [9.17, 15) is 13.2 Å². The van der Waals surface area contributed by atoms with Crippen LogP contribution in [0.3, 0.4) is 0 Å². The van der Waals surface area contributed by atoms with E-state index in [0.29, 0.717) is 13.1 Å². The van der Waals surface area contributed by atoms with Crippen LogP contribution in [0.4, 0.5) is 19.0 Å². The lowest BCUT2D eigenvalue weighted by Gasteiger charge is -2.39. The number of rotatable bonds is 10. The molecule has 2 heterocycles. The Morgan fingerprint density at radius 3 is 2.17 bits per heavy atom. The normalized spacial score (nSPS) is 16.0. The first kappa shape index (κ1) is 29.8. The molecule has 0 amide bonds. The van der Waals surface area contributed by atoms with Crippen molar-refractivity contribution in [2.45, 2.75) is 44.8 Å². The van der Waals surface area contributed by atoms with Crippen LogP contribution in [0.1, 0.15) is 43.3 Å². The fourth-order valence-electron chi connectivity index (χ4n) is 5.31. The highest BCUT2D eigenvalue weighted by molar-refractivity contribution is 5.88. The number of nitrogens with zero attached hydrogens (tertiary/aromatic N) is 4. The van der Waals surface area contributed by atoms with Gasteiger partial charge in [0.05, 0.1) is 18.1 Å². The van der Waals surface area contributed by atoms with Gasteiger partial charge in [-0.05, 0) is 55.7 Å². The van der Waals surface area contributed by atoms with Crippen LogP contribution >= 0.6 is 0 Å². The average molecular weight is 579 g/mol. The van der Waals surface area contributed by atoms with Crippen LogP contribution in [-0.2, 0) is 6.54 Å². The Hall–Kier alpha value is -3.73. The third-order valence-electron chi connectivity index (χ3n) is 7.39. The van der Waals surface area contributed by atoms with Crippen LogP contribution in [-0.4, -0.2) is 64.4 Å². The van der Waals surface area contributed by atoms with Crippen molar-refractivity contribution in [3.8, 4) is 5.75 Å². The number of benzene rings is 3. The zero-order valence-corrected chi connectivity index (χ0v) is 23.9. The van der Waals surface area contributed by atoms with Crippen molar-refractivity contribution < 1.29 is 17.9 Å². The zero-order valence-electron chi connectivity index (χ0n) is 23.9. The number of anilines is 1. The molecule has 222 valence electrons. The molecule has 3 aromatic carbocycles. The summed E-state index contributed by atoms with van der Waals surface area (Å²) >= 11 is 0. The van der Waals surface area contributed by atoms with Crippen molar-refractivity contribution in [2.24, 2.45) is 5.73 Å². The van der Waals surface area contributed by atoms with E-state index in [1.165, 1.54) is 12.1 Å². The smallest absolute Gasteiger partial charge is 0.406 e. The number of halogens is 3. The van der Waals surface area contributed by atoms with Crippen LogP contribution in [0.5, 0.6) is 5.75 Å². The summed E-state index contributed by atoms with van der Waals surface area (Å²) in [6, 6.07) is 24.1. The Kier molecular flexibility index (Phi) is 8.96. The van der Waals surface area contributed by atoms with Gasteiger partial charge >= 0.3 is 6.36 Å². The molecule has 1 atom stereocenters. The van der Waals surface area contributed by atoms with Gasteiger partial charge < -0.3 is 15.8 Å². The number of piperazine rings is 1. The number of hydrogen-bond donors (Lipinski definition) is 2. The topological polar surface area (TPSA) is 79.5 Å². The molecule has 4 aromatic rings. The molecule has 42 heavy (non-hydrogen) atoms. The number of nitrogens with one attached hydrogen (secondary N) is 1. The maximum atomic E-state index is 12.7. The van der Waals surface area contributed by atoms with E-state index in [0.717, 1.165) is 66.3 Å². The molecule has 1 fully saturated rings. The van der Waals surface area contributed by atoms with E-state index in [4.69, 9.17) is 15.7 Å². The average Bonchev–Trinajstić information content (AvgIpc) is 2.94. The lowest BCUT2D eigenvalue weighted by atomic mass is 9.96. The van der Waals surface area contributed by atoms with Gasteiger partial charge in [-0.25, -0.2) is 9.97 Å². The summed E-state index contributed by atoms with van der Waals surface area (Å²) in [5, 5.41) is 4.45. The number of para-hydroxylation sites is 1. The highest BCUT2D eigenvalue weighted by Gasteiger charge is 2.32. The molecule has 0 aliphatic carbocycles. The molecule has 1 aromatic heterocycles. The SMILES string of the molecule is CC(C)(N)CCNc1nc(CN2CCN(C(c3ccccc3)c3ccc(OC(F)(F)F)cc3)CC2)nc2ccccc12. The summed E-state index contributed by atoms with van der Waals surface area (Å²) < 4.78 is 42.2. The summed E-state index contributed by atoms with van der Waals surface area (Å²) in [5.41, 5.74) is 8.81. The molecule has 0 saturated carbocycles. The van der Waals surface area contributed by atoms with E-state index >= 15 is 0 Å². The molecular weight excluding hydrogens is 541 g/mol. The number of hydrogen-bond acceptors (Lipinski definition) is 7. The van der Waals surface area contributed by atoms with Crippen LogP contribution in [0.25, 0.3) is 10.9 Å². The van der Waals surface area contributed by atoms with Gasteiger partial charge in [-0.3, -0.25) is 9.80 Å². The fourth-order valence-corrected chi connectivity index (χ4v) is 5.31. The molecule has 1 aliphatic heterocycles. The zero-order chi connectivity index (χ0) is 29.7. The first-order valence-corrected chi connectivity index (χ1v) is 14.2. The van der Waals surface area contributed by atoms with Crippen molar-refractivity contribution in [1.29, 1.82) is 0 Å². The molecule has 0 spiro atoms. The number of nitrogens with two attached hydrogens (primary N) is 1. The van der Waals surface area contributed by atoms with Gasteiger partial charge in [0.2, 0.25) is 0 Å². The maximum absolute atomic E-state index is 12.7. The predicted molar refractivity (Wildman–Crippen MR) is 159 cm³/mol. The van der Waals surface area contributed by atoms with Gasteiger partial charge in [-0.1, -0.05) is 54.6 Å². The van der Waals surface area contributed by atoms with Crippen molar-refractivity contribution in [3.05, 3.63) is 95.8 Å². The quantitative estimate of drug-likeness (QED) is 0.240. The van der Waals surface area contributed by atoms with E-state index in [1.807, 2.05) is 56.3 Å².